The second-order valence-corrected chi connectivity index (χ2v) is 7.36. The second kappa shape index (κ2) is 9.55. The molecule has 1 unspecified atom stereocenters. The number of phenolic OH excluding ortho intramolecular Hbond substituents is 1. The lowest BCUT2D eigenvalue weighted by molar-refractivity contribution is -0.139. The molecule has 0 aromatic heterocycles. The largest absolute Gasteiger partial charge is 0.508 e. The third kappa shape index (κ3) is 4.35. The molecule has 1 aliphatic heterocycles. The fourth-order valence-electron chi connectivity index (χ4n) is 3.79. The van der Waals surface area contributed by atoms with Gasteiger partial charge in [0, 0.05) is 12.6 Å². The molecule has 2 aromatic carbocycles. The molecule has 1 amide bonds. The second-order valence-electron chi connectivity index (χ2n) is 7.36. The van der Waals surface area contributed by atoms with E-state index in [-0.39, 0.29) is 17.1 Å². The van der Waals surface area contributed by atoms with Gasteiger partial charge in [-0.3, -0.25) is 9.59 Å². The van der Waals surface area contributed by atoms with Crippen LogP contribution in [0.15, 0.2) is 48.0 Å². The summed E-state index contributed by atoms with van der Waals surface area (Å²) in [4.78, 5) is 27.4. The van der Waals surface area contributed by atoms with Gasteiger partial charge in [0.1, 0.15) is 23.0 Å². The Labute approximate surface area is 181 Å². The van der Waals surface area contributed by atoms with Crippen molar-refractivity contribution in [2.75, 3.05) is 20.8 Å². The van der Waals surface area contributed by atoms with E-state index in [0.29, 0.717) is 29.2 Å². The zero-order chi connectivity index (χ0) is 22.5. The summed E-state index contributed by atoms with van der Waals surface area (Å²) in [6, 6.07) is 10.4. The average Bonchev–Trinajstić information content (AvgIpc) is 3.03. The number of unbranched alkanes of at least 4 members (excludes halogenated alkanes) is 2. The minimum absolute atomic E-state index is 0.00402. The molecule has 0 spiro atoms. The van der Waals surface area contributed by atoms with E-state index in [1.165, 1.54) is 31.3 Å². The summed E-state index contributed by atoms with van der Waals surface area (Å²) >= 11 is 0. The van der Waals surface area contributed by atoms with E-state index in [9.17, 15) is 19.8 Å². The summed E-state index contributed by atoms with van der Waals surface area (Å²) in [7, 11) is 2.97. The maximum absolute atomic E-state index is 13.0. The average molecular weight is 425 g/mol. The van der Waals surface area contributed by atoms with Gasteiger partial charge in [-0.25, -0.2) is 0 Å². The van der Waals surface area contributed by atoms with Crippen molar-refractivity contribution in [3.63, 3.8) is 0 Å². The van der Waals surface area contributed by atoms with E-state index in [4.69, 9.17) is 9.47 Å². The van der Waals surface area contributed by atoms with Gasteiger partial charge in [0.15, 0.2) is 0 Å². The zero-order valence-corrected chi connectivity index (χ0v) is 17.9. The highest BCUT2D eigenvalue weighted by Crippen LogP contribution is 2.41. The Morgan fingerprint density at radius 3 is 2.35 bits per heavy atom. The molecular formula is C24H27NO6. The van der Waals surface area contributed by atoms with Crippen molar-refractivity contribution >= 4 is 17.4 Å². The van der Waals surface area contributed by atoms with Gasteiger partial charge in [-0.2, -0.15) is 0 Å². The number of benzene rings is 2. The number of aromatic hydroxyl groups is 1. The molecule has 1 atom stereocenters. The smallest absolute Gasteiger partial charge is 0.295 e. The number of phenols is 1. The lowest BCUT2D eigenvalue weighted by atomic mass is 9.94. The van der Waals surface area contributed by atoms with Crippen molar-refractivity contribution in [2.24, 2.45) is 0 Å². The molecule has 164 valence electrons. The molecule has 1 aliphatic rings. The predicted octanol–water partition coefficient (Wildman–Crippen LogP) is 4.02. The summed E-state index contributed by atoms with van der Waals surface area (Å²) in [5, 5.41) is 20.8. The Hall–Kier alpha value is -3.48. The number of Topliss-reactive ketones (excluding diaryl/α,β-unsaturated/α-hetero) is 1. The summed E-state index contributed by atoms with van der Waals surface area (Å²) in [6.07, 6.45) is 2.62. The predicted molar refractivity (Wildman–Crippen MR) is 116 cm³/mol. The maximum atomic E-state index is 13.0. The van der Waals surface area contributed by atoms with Gasteiger partial charge in [0.25, 0.3) is 11.7 Å². The third-order valence-electron chi connectivity index (χ3n) is 5.42. The first-order valence-corrected chi connectivity index (χ1v) is 10.2. The first-order valence-electron chi connectivity index (χ1n) is 10.2. The lowest BCUT2D eigenvalue weighted by Gasteiger charge is -2.25. The van der Waals surface area contributed by atoms with Crippen molar-refractivity contribution in [1.29, 1.82) is 0 Å². The fraction of sp³-hybridized carbons (Fsp3) is 0.333. The minimum atomic E-state index is -0.760. The van der Waals surface area contributed by atoms with Crippen LogP contribution in [-0.4, -0.2) is 47.6 Å². The number of carbonyl (C=O) groups excluding carboxylic acids is 2. The lowest BCUT2D eigenvalue weighted by Crippen LogP contribution is -2.30. The normalized spacial score (nSPS) is 17.8. The number of aliphatic hydroxyl groups excluding tert-OH is 1. The minimum Gasteiger partial charge on any atom is -0.508 e. The summed E-state index contributed by atoms with van der Waals surface area (Å²) in [5.41, 5.74) is 0.914. The molecule has 1 fully saturated rings. The Kier molecular flexibility index (Phi) is 6.84. The number of amides is 1. The number of carbonyl (C=O) groups is 2. The number of nitrogens with zero attached hydrogens (tertiary/aromatic N) is 1. The van der Waals surface area contributed by atoms with Crippen LogP contribution in [0.2, 0.25) is 0 Å². The van der Waals surface area contributed by atoms with E-state index in [2.05, 4.69) is 6.92 Å². The van der Waals surface area contributed by atoms with E-state index >= 15 is 0 Å². The molecule has 7 heteroatoms. The third-order valence-corrected chi connectivity index (χ3v) is 5.42. The van der Waals surface area contributed by atoms with Crippen LogP contribution < -0.4 is 9.47 Å². The number of ether oxygens (including phenoxy) is 2. The topological polar surface area (TPSA) is 96.3 Å². The van der Waals surface area contributed by atoms with Gasteiger partial charge < -0.3 is 24.6 Å². The molecule has 3 rings (SSSR count). The summed E-state index contributed by atoms with van der Waals surface area (Å²) in [5.74, 6) is -0.785. The SMILES string of the molecule is CCCCCN1C(=O)C(=O)/C(=C(\O)c2ccc(OC)cc2OC)C1c1ccc(O)cc1. The number of methoxy groups -OCH3 is 2. The molecule has 0 saturated carbocycles. The molecular weight excluding hydrogens is 398 g/mol. The molecule has 1 heterocycles. The molecule has 0 aliphatic carbocycles. The van der Waals surface area contributed by atoms with E-state index in [1.54, 1.807) is 30.3 Å². The van der Waals surface area contributed by atoms with Gasteiger partial charge in [-0.15, -0.1) is 0 Å². The number of hydrogen-bond acceptors (Lipinski definition) is 6. The van der Waals surface area contributed by atoms with Crippen molar-refractivity contribution in [1.82, 2.24) is 4.90 Å². The van der Waals surface area contributed by atoms with Crippen LogP contribution >= 0.6 is 0 Å². The van der Waals surface area contributed by atoms with Gasteiger partial charge in [0.05, 0.1) is 31.4 Å². The number of likely N-dealkylation sites (tertiary alicyclic amines) is 1. The van der Waals surface area contributed by atoms with Crippen LogP contribution in [0.25, 0.3) is 5.76 Å². The van der Waals surface area contributed by atoms with Crippen LogP contribution in [0.5, 0.6) is 17.2 Å². The van der Waals surface area contributed by atoms with Crippen molar-refractivity contribution in [2.45, 2.75) is 32.2 Å². The molecule has 1 saturated heterocycles. The molecule has 2 N–H and O–H groups in total. The van der Waals surface area contributed by atoms with Crippen molar-refractivity contribution in [3.8, 4) is 17.2 Å². The fourth-order valence-corrected chi connectivity index (χ4v) is 3.79. The van der Waals surface area contributed by atoms with Gasteiger partial charge in [0.2, 0.25) is 0 Å². The summed E-state index contributed by atoms with van der Waals surface area (Å²) < 4.78 is 10.6. The monoisotopic (exact) mass is 425 g/mol. The van der Waals surface area contributed by atoms with E-state index in [0.717, 1.165) is 19.3 Å². The molecule has 7 nitrogen and oxygen atoms in total. The number of hydrogen-bond donors (Lipinski definition) is 2. The molecule has 31 heavy (non-hydrogen) atoms. The Balaban J connectivity index is 2.16. The first kappa shape index (κ1) is 22.2. The van der Waals surface area contributed by atoms with Crippen LogP contribution in [0.3, 0.4) is 0 Å². The number of ketones is 1. The van der Waals surface area contributed by atoms with E-state index < -0.39 is 17.7 Å². The van der Waals surface area contributed by atoms with Gasteiger partial charge >= 0.3 is 0 Å². The summed E-state index contributed by atoms with van der Waals surface area (Å²) in [6.45, 7) is 2.45. The van der Waals surface area contributed by atoms with Crippen LogP contribution in [0, 0.1) is 0 Å². The number of rotatable bonds is 8. The highest BCUT2D eigenvalue weighted by Gasteiger charge is 2.46. The molecule has 0 bridgehead atoms. The van der Waals surface area contributed by atoms with Crippen molar-refractivity contribution in [3.05, 3.63) is 59.2 Å². The molecule has 2 aromatic rings. The maximum Gasteiger partial charge on any atom is 0.295 e. The quantitative estimate of drug-likeness (QED) is 0.287. The van der Waals surface area contributed by atoms with Gasteiger partial charge in [-0.1, -0.05) is 31.9 Å². The zero-order valence-electron chi connectivity index (χ0n) is 17.9. The Morgan fingerprint density at radius 2 is 1.74 bits per heavy atom. The molecule has 0 radical (unpaired) electrons. The Bertz CT molecular complexity index is 996. The van der Waals surface area contributed by atoms with Gasteiger partial charge in [-0.05, 0) is 36.2 Å². The van der Waals surface area contributed by atoms with Crippen LogP contribution in [-0.2, 0) is 9.59 Å². The Morgan fingerprint density at radius 1 is 1.03 bits per heavy atom. The van der Waals surface area contributed by atoms with E-state index in [1.807, 2.05) is 0 Å². The highest BCUT2D eigenvalue weighted by molar-refractivity contribution is 6.46. The van der Waals surface area contributed by atoms with Crippen LogP contribution in [0.4, 0.5) is 0 Å². The highest BCUT2D eigenvalue weighted by atomic mass is 16.5. The van der Waals surface area contributed by atoms with Crippen molar-refractivity contribution < 1.29 is 29.3 Å². The number of aliphatic hydroxyl groups is 1. The standard InChI is InChI=1S/C24H27NO6/c1-4-5-6-13-25-21(15-7-9-16(26)10-8-15)20(23(28)24(25)29)22(27)18-12-11-17(30-2)14-19(18)31-3/h7-12,14,21,26-27H,4-6,13H2,1-3H3/b22-20-. The van der Waals surface area contributed by atoms with Crippen LogP contribution in [0.1, 0.15) is 43.4 Å². The first-order chi connectivity index (χ1) is 14.9.